The van der Waals surface area contributed by atoms with Crippen molar-refractivity contribution in [2.24, 2.45) is 0 Å². The van der Waals surface area contributed by atoms with Crippen LogP contribution >= 0.6 is 0 Å². The molecule has 0 aliphatic carbocycles. The first-order valence-corrected chi connectivity index (χ1v) is 37.0. The molecule has 3 aliphatic heterocycles. The number of aliphatic hydroxyl groups is 11. The van der Waals surface area contributed by atoms with Gasteiger partial charge in [0.2, 0.25) is 11.8 Å². The topological polar surface area (TPSA) is 373 Å². The summed E-state index contributed by atoms with van der Waals surface area (Å²) in [6, 6.07) is -2.53. The van der Waals surface area contributed by atoms with Crippen LogP contribution in [-0.2, 0) is 42.8 Å². The maximum atomic E-state index is 13.5. The van der Waals surface area contributed by atoms with Gasteiger partial charge in [0.15, 0.2) is 12.6 Å². The van der Waals surface area contributed by atoms with Crippen LogP contribution < -0.4 is 10.6 Å². The standard InChI is InChI=1S/C71H132N2O21/c1-4-6-8-10-12-14-16-18-20-22-23-24-25-26-27-29-30-32-34-36-38-40-42-44-53(78)52(73-58(81)45-43-41-39-37-35-33-31-28-21-19-17-15-13-11-9-7-5-2)50-89-68-63(85)62(84)65(57(49-76)91-68)92-69-64(86)67(61(83)56(48-75)90-69)94-71(70(87)88)46-54(79)59(72-51(3)77)66(93-71)60(82)55(80)47-74/h19,21,52-57,59-69,74-76,78-80,82-86H,4-18,20,22-50H2,1-3H3,(H,72,77)(H,73,81)(H,87,88)/b21-19-. The molecule has 14 N–H and O–H groups in total. The first-order valence-electron chi connectivity index (χ1n) is 37.0. The fraction of sp³-hybridized carbons (Fsp3) is 0.930. The van der Waals surface area contributed by atoms with E-state index < -0.39 is 148 Å². The van der Waals surface area contributed by atoms with Crippen LogP contribution in [0.4, 0.5) is 0 Å². The quantitative estimate of drug-likeness (QED) is 0.0203. The normalized spacial score (nSPS) is 27.9. The van der Waals surface area contributed by atoms with Crippen molar-refractivity contribution in [3.63, 3.8) is 0 Å². The van der Waals surface area contributed by atoms with Crippen LogP contribution in [-0.4, -0.2) is 215 Å². The molecule has 18 unspecified atom stereocenters. The monoisotopic (exact) mass is 1350 g/mol. The number of carbonyl (C=O) groups is 3. The minimum Gasteiger partial charge on any atom is -0.477 e. The Hall–Kier alpha value is -2.53. The molecule has 0 spiro atoms. The Morgan fingerprint density at radius 1 is 0.543 bits per heavy atom. The zero-order chi connectivity index (χ0) is 68.9. The van der Waals surface area contributed by atoms with Gasteiger partial charge in [-0.25, -0.2) is 4.79 Å². The van der Waals surface area contributed by atoms with Crippen molar-refractivity contribution >= 4 is 17.8 Å². The van der Waals surface area contributed by atoms with Crippen molar-refractivity contribution in [3.05, 3.63) is 12.2 Å². The lowest BCUT2D eigenvalue weighted by molar-refractivity contribution is -0.386. The third kappa shape index (κ3) is 33.1. The summed E-state index contributed by atoms with van der Waals surface area (Å²) in [5, 5.41) is 136. The van der Waals surface area contributed by atoms with Crippen LogP contribution in [0.3, 0.4) is 0 Å². The summed E-state index contributed by atoms with van der Waals surface area (Å²) in [4.78, 5) is 38.6. The summed E-state index contributed by atoms with van der Waals surface area (Å²) < 4.78 is 34.9. The summed E-state index contributed by atoms with van der Waals surface area (Å²) in [5.74, 6) is -6.10. The minimum absolute atomic E-state index is 0.220. The van der Waals surface area contributed by atoms with Gasteiger partial charge in [0.05, 0.1) is 50.7 Å². The Labute approximate surface area is 562 Å². The van der Waals surface area contributed by atoms with Crippen LogP contribution in [0, 0.1) is 0 Å². The molecule has 18 atom stereocenters. The van der Waals surface area contributed by atoms with E-state index in [-0.39, 0.29) is 18.9 Å². The summed E-state index contributed by atoms with van der Waals surface area (Å²) in [6.45, 7) is 2.22. The highest BCUT2D eigenvalue weighted by Crippen LogP contribution is 2.39. The summed E-state index contributed by atoms with van der Waals surface area (Å²) in [6.07, 6.45) is 22.0. The number of hydrogen-bond acceptors (Lipinski definition) is 20. The SMILES string of the molecule is CCCCCCCC/C=C\CCCCCCCCCC(=O)NC(COC1OC(CO)C(OC2OC(CO)C(O)C(OC3(C(=O)O)CC(O)C(NC(C)=O)C(C(O)C(O)CO)O3)C2O)C(O)C1O)C(O)CCCCCCCCCCCCCCCCCCCCCCCCC. The number of aliphatic hydroxyl groups excluding tert-OH is 11. The number of carboxylic acid groups (broad SMARTS) is 1. The predicted molar refractivity (Wildman–Crippen MR) is 357 cm³/mol. The number of amides is 2. The van der Waals surface area contributed by atoms with E-state index >= 15 is 0 Å². The number of allylic oxidation sites excluding steroid dienone is 2. The molecule has 552 valence electrons. The van der Waals surface area contributed by atoms with E-state index in [9.17, 15) is 75.7 Å². The molecule has 3 fully saturated rings. The third-order valence-electron chi connectivity index (χ3n) is 19.0. The Morgan fingerprint density at radius 3 is 1.44 bits per heavy atom. The molecule has 3 aliphatic rings. The first kappa shape index (κ1) is 85.7. The van der Waals surface area contributed by atoms with E-state index in [1.165, 1.54) is 154 Å². The second-order valence-electron chi connectivity index (χ2n) is 27.2. The average Bonchev–Trinajstić information content (AvgIpc) is 0.762. The van der Waals surface area contributed by atoms with Crippen LogP contribution in [0.15, 0.2) is 12.2 Å². The maximum Gasteiger partial charge on any atom is 0.364 e. The molecule has 0 aromatic heterocycles. The maximum absolute atomic E-state index is 13.5. The van der Waals surface area contributed by atoms with Crippen molar-refractivity contribution in [1.82, 2.24) is 10.6 Å². The second kappa shape index (κ2) is 51.6. The van der Waals surface area contributed by atoms with Crippen molar-refractivity contribution in [2.75, 3.05) is 26.4 Å². The number of ether oxygens (including phenoxy) is 6. The van der Waals surface area contributed by atoms with E-state index in [1.807, 2.05) is 0 Å². The summed E-state index contributed by atoms with van der Waals surface area (Å²) in [7, 11) is 0. The first-order chi connectivity index (χ1) is 45.4. The number of carbonyl (C=O) groups excluding carboxylic acids is 2. The minimum atomic E-state index is -3.08. The van der Waals surface area contributed by atoms with Gasteiger partial charge >= 0.3 is 5.97 Å². The molecule has 2 amide bonds. The lowest BCUT2D eigenvalue weighted by Gasteiger charge is -2.50. The third-order valence-corrected chi connectivity index (χ3v) is 19.0. The van der Waals surface area contributed by atoms with Crippen molar-refractivity contribution in [3.8, 4) is 0 Å². The Kier molecular flexibility index (Phi) is 47.0. The van der Waals surface area contributed by atoms with Gasteiger partial charge in [0.25, 0.3) is 5.79 Å². The van der Waals surface area contributed by atoms with Gasteiger partial charge in [-0.05, 0) is 38.5 Å². The molecule has 0 aromatic carbocycles. The molecular formula is C71H132N2O21. The molecule has 0 aromatic rings. The van der Waals surface area contributed by atoms with E-state index in [2.05, 4.69) is 36.6 Å². The highest BCUT2D eigenvalue weighted by Gasteiger charge is 2.60. The Balaban J connectivity index is 1.56. The highest BCUT2D eigenvalue weighted by molar-refractivity contribution is 5.77. The van der Waals surface area contributed by atoms with Gasteiger partial charge in [0.1, 0.15) is 67.1 Å². The van der Waals surface area contributed by atoms with E-state index in [1.54, 1.807) is 0 Å². The lowest BCUT2D eigenvalue weighted by atomic mass is 9.88. The fourth-order valence-electron chi connectivity index (χ4n) is 13.1. The molecule has 23 heteroatoms. The largest absolute Gasteiger partial charge is 0.477 e. The van der Waals surface area contributed by atoms with Gasteiger partial charge < -0.3 is 100 Å². The summed E-state index contributed by atoms with van der Waals surface area (Å²) in [5.41, 5.74) is 0. The summed E-state index contributed by atoms with van der Waals surface area (Å²) >= 11 is 0. The molecule has 0 saturated carbocycles. The Morgan fingerprint density at radius 2 is 0.989 bits per heavy atom. The lowest BCUT2D eigenvalue weighted by Crippen LogP contribution is -2.70. The number of unbranched alkanes of at least 4 members (excludes halogenated alkanes) is 35. The molecule has 0 bridgehead atoms. The van der Waals surface area contributed by atoms with Crippen molar-refractivity contribution < 1.29 is 104 Å². The second-order valence-corrected chi connectivity index (χ2v) is 27.2. The molecular weight excluding hydrogens is 1220 g/mol. The molecule has 3 rings (SSSR count). The van der Waals surface area contributed by atoms with Gasteiger partial charge in [-0.3, -0.25) is 9.59 Å². The van der Waals surface area contributed by atoms with Crippen molar-refractivity contribution in [2.45, 2.75) is 394 Å². The van der Waals surface area contributed by atoms with Crippen LogP contribution in [0.1, 0.15) is 284 Å². The molecule has 94 heavy (non-hydrogen) atoms. The number of nitrogens with one attached hydrogen (secondary N) is 2. The zero-order valence-electron chi connectivity index (χ0n) is 57.8. The molecule has 3 saturated heterocycles. The zero-order valence-corrected chi connectivity index (χ0v) is 57.8. The highest BCUT2D eigenvalue weighted by atomic mass is 16.8. The molecule has 3 heterocycles. The molecule has 0 radical (unpaired) electrons. The van der Waals surface area contributed by atoms with Gasteiger partial charge in [-0.2, -0.15) is 0 Å². The number of aliphatic carboxylic acids is 1. The fourth-order valence-corrected chi connectivity index (χ4v) is 13.1. The van der Waals surface area contributed by atoms with Gasteiger partial charge in [0, 0.05) is 19.8 Å². The molecule has 23 nitrogen and oxygen atoms in total. The predicted octanol–water partition coefficient (Wildman–Crippen LogP) is 7.85. The van der Waals surface area contributed by atoms with Crippen molar-refractivity contribution in [1.29, 1.82) is 0 Å². The van der Waals surface area contributed by atoms with E-state index in [0.717, 1.165) is 84.0 Å². The van der Waals surface area contributed by atoms with Crippen LogP contribution in [0.2, 0.25) is 0 Å². The van der Waals surface area contributed by atoms with E-state index in [4.69, 9.17) is 28.4 Å². The Bertz CT molecular complexity index is 1940. The number of hydrogen-bond donors (Lipinski definition) is 14. The smallest absolute Gasteiger partial charge is 0.364 e. The van der Waals surface area contributed by atoms with E-state index in [0.29, 0.717) is 19.3 Å². The van der Waals surface area contributed by atoms with Crippen LogP contribution in [0.25, 0.3) is 0 Å². The van der Waals surface area contributed by atoms with Gasteiger partial charge in [-0.1, -0.05) is 238 Å². The van der Waals surface area contributed by atoms with Crippen LogP contribution in [0.5, 0.6) is 0 Å². The number of carboxylic acids is 1. The van der Waals surface area contributed by atoms with Gasteiger partial charge in [-0.15, -0.1) is 0 Å². The average molecular weight is 1350 g/mol. The number of rotatable bonds is 57.